The van der Waals surface area contributed by atoms with Crippen LogP contribution in [0, 0.1) is 13.8 Å². The second kappa shape index (κ2) is 7.43. The molecule has 0 spiro atoms. The minimum Gasteiger partial charge on any atom is -0.0614 e. The molecule has 0 amide bonds. The Hall–Kier alpha value is -2.68. The monoisotopic (exact) mass is 538 g/mol. The van der Waals surface area contributed by atoms with Crippen LogP contribution in [0.25, 0.3) is 54.6 Å². The molecule has 0 aliphatic heterocycles. The van der Waals surface area contributed by atoms with E-state index in [1.807, 2.05) is 0 Å². The highest BCUT2D eigenvalue weighted by Crippen LogP contribution is 2.47. The van der Waals surface area contributed by atoms with Gasteiger partial charge in [-0.2, -0.15) is 0 Å². The van der Waals surface area contributed by atoms with Gasteiger partial charge in [-0.3, -0.25) is 0 Å². The predicted molar refractivity (Wildman–Crippen MR) is 146 cm³/mol. The standard InChI is InChI=1S/C30H20Br2/c1-17-5-3-7-19(13-17)23-15-25-27(31)12-10-22-24(20-8-4-6-18(2)14-20)16-26-28(32)11-9-21(23)29(26)30(22)25/h3-16H,1-2H3. The van der Waals surface area contributed by atoms with Crippen LogP contribution >= 0.6 is 31.9 Å². The molecule has 6 aromatic carbocycles. The van der Waals surface area contributed by atoms with Crippen molar-refractivity contribution in [2.24, 2.45) is 0 Å². The summed E-state index contributed by atoms with van der Waals surface area (Å²) in [4.78, 5) is 0. The predicted octanol–water partition coefficient (Wildman–Crippen LogP) is 10.1. The fourth-order valence-electron chi connectivity index (χ4n) is 5.01. The molecule has 32 heavy (non-hydrogen) atoms. The number of benzene rings is 6. The van der Waals surface area contributed by atoms with E-state index in [1.54, 1.807) is 0 Å². The van der Waals surface area contributed by atoms with Crippen molar-refractivity contribution in [2.75, 3.05) is 0 Å². The Labute approximate surface area is 204 Å². The second-order valence-corrected chi connectivity index (χ2v) is 10.3. The van der Waals surface area contributed by atoms with Crippen molar-refractivity contribution in [3.05, 3.63) is 105 Å². The van der Waals surface area contributed by atoms with Crippen molar-refractivity contribution in [3.63, 3.8) is 0 Å². The van der Waals surface area contributed by atoms with Crippen molar-refractivity contribution >= 4 is 64.2 Å². The molecule has 0 N–H and O–H groups in total. The van der Waals surface area contributed by atoms with E-state index in [4.69, 9.17) is 0 Å². The summed E-state index contributed by atoms with van der Waals surface area (Å²) in [6.45, 7) is 4.31. The van der Waals surface area contributed by atoms with Gasteiger partial charge in [-0.05, 0) is 92.7 Å². The number of rotatable bonds is 2. The normalized spacial score (nSPS) is 11.8. The summed E-state index contributed by atoms with van der Waals surface area (Å²) in [6.07, 6.45) is 0. The van der Waals surface area contributed by atoms with E-state index < -0.39 is 0 Å². The molecule has 0 unspecified atom stereocenters. The van der Waals surface area contributed by atoms with Crippen LogP contribution in [0.4, 0.5) is 0 Å². The van der Waals surface area contributed by atoms with Gasteiger partial charge in [0.1, 0.15) is 0 Å². The summed E-state index contributed by atoms with van der Waals surface area (Å²) in [5, 5.41) is 7.73. The Morgan fingerprint density at radius 2 is 0.906 bits per heavy atom. The van der Waals surface area contributed by atoms with Crippen LogP contribution in [0.15, 0.2) is 93.9 Å². The molecule has 6 aromatic rings. The molecule has 0 saturated carbocycles. The van der Waals surface area contributed by atoms with Gasteiger partial charge in [0.25, 0.3) is 0 Å². The first kappa shape index (κ1) is 20.0. The van der Waals surface area contributed by atoms with E-state index in [2.05, 4.69) is 131 Å². The third-order valence-electron chi connectivity index (χ3n) is 6.45. The van der Waals surface area contributed by atoms with Gasteiger partial charge < -0.3 is 0 Å². The molecule has 0 aliphatic carbocycles. The molecule has 2 heteroatoms. The van der Waals surface area contributed by atoms with Crippen molar-refractivity contribution in [3.8, 4) is 22.3 Å². The van der Waals surface area contributed by atoms with Gasteiger partial charge in [0.2, 0.25) is 0 Å². The number of hydrogen-bond donors (Lipinski definition) is 0. The van der Waals surface area contributed by atoms with Gasteiger partial charge in [0.05, 0.1) is 0 Å². The second-order valence-electron chi connectivity index (χ2n) is 8.62. The molecular weight excluding hydrogens is 520 g/mol. The largest absolute Gasteiger partial charge is 0.0614 e. The lowest BCUT2D eigenvalue weighted by Gasteiger charge is -2.19. The van der Waals surface area contributed by atoms with Gasteiger partial charge in [0, 0.05) is 8.95 Å². The summed E-state index contributed by atoms with van der Waals surface area (Å²) < 4.78 is 2.26. The first-order chi connectivity index (χ1) is 15.5. The minimum atomic E-state index is 1.13. The molecule has 0 aromatic heterocycles. The summed E-state index contributed by atoms with van der Waals surface area (Å²) >= 11 is 7.72. The third-order valence-corrected chi connectivity index (χ3v) is 7.83. The van der Waals surface area contributed by atoms with Crippen LogP contribution in [0.2, 0.25) is 0 Å². The Bertz CT molecular complexity index is 1530. The average molecular weight is 540 g/mol. The zero-order valence-corrected chi connectivity index (χ0v) is 21.0. The van der Waals surface area contributed by atoms with Crippen LogP contribution in [0.1, 0.15) is 11.1 Å². The summed E-state index contributed by atoms with van der Waals surface area (Å²) in [5.41, 5.74) is 7.60. The molecule has 0 bridgehead atoms. The first-order valence-corrected chi connectivity index (χ1v) is 12.3. The van der Waals surface area contributed by atoms with Crippen molar-refractivity contribution in [1.29, 1.82) is 0 Å². The van der Waals surface area contributed by atoms with Gasteiger partial charge in [-0.15, -0.1) is 0 Å². The van der Waals surface area contributed by atoms with Gasteiger partial charge >= 0.3 is 0 Å². The van der Waals surface area contributed by atoms with Crippen LogP contribution in [-0.2, 0) is 0 Å². The maximum atomic E-state index is 3.86. The summed E-state index contributed by atoms with van der Waals surface area (Å²) in [5.74, 6) is 0. The van der Waals surface area contributed by atoms with Gasteiger partial charge in [-0.25, -0.2) is 0 Å². The highest BCUT2D eigenvalue weighted by molar-refractivity contribution is 9.11. The summed E-state index contributed by atoms with van der Waals surface area (Å²) in [7, 11) is 0. The molecule has 0 aliphatic rings. The van der Waals surface area contributed by atoms with Gasteiger partial charge in [0.15, 0.2) is 0 Å². The molecule has 0 atom stereocenters. The fraction of sp³-hybridized carbons (Fsp3) is 0.0667. The SMILES string of the molecule is Cc1cccc(-c2cc3c(Br)ccc4c(-c5cccc(C)c5)cc5c(Br)ccc2c5c34)c1. The maximum Gasteiger partial charge on any atom is 0.0254 e. The molecule has 6 rings (SSSR count). The van der Waals surface area contributed by atoms with Crippen LogP contribution in [0.5, 0.6) is 0 Å². The maximum absolute atomic E-state index is 3.86. The Morgan fingerprint density at radius 1 is 0.469 bits per heavy atom. The van der Waals surface area contributed by atoms with Crippen LogP contribution < -0.4 is 0 Å². The molecule has 0 nitrogen and oxygen atoms in total. The van der Waals surface area contributed by atoms with Crippen molar-refractivity contribution in [2.45, 2.75) is 13.8 Å². The molecule has 0 heterocycles. The minimum absolute atomic E-state index is 1.13. The smallest absolute Gasteiger partial charge is 0.0254 e. The third kappa shape index (κ3) is 3.01. The van der Waals surface area contributed by atoms with E-state index in [0.29, 0.717) is 0 Å². The van der Waals surface area contributed by atoms with Gasteiger partial charge in [-0.1, -0.05) is 104 Å². The van der Waals surface area contributed by atoms with Crippen molar-refractivity contribution in [1.82, 2.24) is 0 Å². The lowest BCUT2D eigenvalue weighted by Crippen LogP contribution is -1.92. The fourth-order valence-corrected chi connectivity index (χ4v) is 5.89. The van der Waals surface area contributed by atoms with E-state index in [-0.39, 0.29) is 0 Å². The van der Waals surface area contributed by atoms with Crippen LogP contribution in [-0.4, -0.2) is 0 Å². The zero-order valence-electron chi connectivity index (χ0n) is 17.8. The van der Waals surface area contributed by atoms with E-state index in [1.165, 1.54) is 65.7 Å². The van der Waals surface area contributed by atoms with Crippen LogP contribution in [0.3, 0.4) is 0 Å². The highest BCUT2D eigenvalue weighted by atomic mass is 79.9. The lowest BCUT2D eigenvalue weighted by molar-refractivity contribution is 1.47. The van der Waals surface area contributed by atoms with E-state index in [9.17, 15) is 0 Å². The molecule has 0 radical (unpaired) electrons. The Morgan fingerprint density at radius 3 is 1.31 bits per heavy atom. The zero-order chi connectivity index (χ0) is 22.0. The Balaban J connectivity index is 1.84. The first-order valence-electron chi connectivity index (χ1n) is 10.7. The molecule has 154 valence electrons. The number of aryl methyl sites for hydroxylation is 2. The van der Waals surface area contributed by atoms with E-state index in [0.717, 1.165) is 8.95 Å². The molecular formula is C30H20Br2. The Kier molecular flexibility index (Phi) is 4.64. The topological polar surface area (TPSA) is 0 Å². The molecule has 0 fully saturated rings. The summed E-state index contributed by atoms with van der Waals surface area (Å²) in [6, 6.07) is 31.2. The van der Waals surface area contributed by atoms with E-state index >= 15 is 0 Å². The number of hydrogen-bond acceptors (Lipinski definition) is 0. The highest BCUT2D eigenvalue weighted by Gasteiger charge is 2.19. The average Bonchev–Trinajstić information content (AvgIpc) is 2.79. The number of halogens is 2. The quantitative estimate of drug-likeness (QED) is 0.192. The van der Waals surface area contributed by atoms with Crippen molar-refractivity contribution < 1.29 is 0 Å². The lowest BCUT2D eigenvalue weighted by atomic mass is 9.85. The molecule has 0 saturated heterocycles.